The maximum Gasteiger partial charge on any atom is 0.319 e. The van der Waals surface area contributed by atoms with Gasteiger partial charge in [-0.1, -0.05) is 13.3 Å². The number of hydrogen-bond acceptors (Lipinski definition) is 4. The van der Waals surface area contributed by atoms with Crippen molar-refractivity contribution in [3.8, 4) is 0 Å². The van der Waals surface area contributed by atoms with Crippen LogP contribution < -0.4 is 16.4 Å². The molecular formula is C17H23N5O2S. The number of carbonyl (C=O) groups excluding carboxylic acids is 2. The zero-order valence-electron chi connectivity index (χ0n) is 14.2. The van der Waals surface area contributed by atoms with Gasteiger partial charge in [-0.25, -0.2) is 4.79 Å². The van der Waals surface area contributed by atoms with E-state index in [1.54, 1.807) is 18.2 Å². The molecule has 1 fully saturated rings. The molecule has 1 aliphatic carbocycles. The zero-order chi connectivity index (χ0) is 17.8. The maximum atomic E-state index is 12.3. The highest BCUT2D eigenvalue weighted by atomic mass is 32.2. The van der Waals surface area contributed by atoms with Crippen LogP contribution in [0, 0.1) is 0 Å². The molecule has 1 aromatic carbocycles. The summed E-state index contributed by atoms with van der Waals surface area (Å²) >= 11 is 1.97. The normalized spacial score (nSPS) is 20.4. The number of anilines is 1. The van der Waals surface area contributed by atoms with E-state index in [0.29, 0.717) is 21.8 Å². The SMILES string of the molecule is CCS[C@H]1CCC[C@H](NC(=O)Nc2ccc3[nH]nc(C(N)=O)c3c2)C1. The molecule has 1 aliphatic rings. The molecule has 134 valence electrons. The van der Waals surface area contributed by atoms with Crippen LogP contribution in [0.5, 0.6) is 0 Å². The molecular weight excluding hydrogens is 338 g/mol. The van der Waals surface area contributed by atoms with E-state index in [1.165, 1.54) is 6.42 Å². The van der Waals surface area contributed by atoms with E-state index in [-0.39, 0.29) is 17.8 Å². The lowest BCUT2D eigenvalue weighted by atomic mass is 9.95. The van der Waals surface area contributed by atoms with E-state index in [2.05, 4.69) is 27.8 Å². The summed E-state index contributed by atoms with van der Waals surface area (Å²) in [5, 5.41) is 13.8. The number of aromatic nitrogens is 2. The van der Waals surface area contributed by atoms with Gasteiger partial charge in [-0.15, -0.1) is 0 Å². The van der Waals surface area contributed by atoms with E-state index in [9.17, 15) is 9.59 Å². The Morgan fingerprint density at radius 2 is 2.24 bits per heavy atom. The van der Waals surface area contributed by atoms with Gasteiger partial charge in [0.05, 0.1) is 5.52 Å². The first-order valence-corrected chi connectivity index (χ1v) is 9.58. The first-order valence-electron chi connectivity index (χ1n) is 8.54. The molecule has 3 rings (SSSR count). The van der Waals surface area contributed by atoms with E-state index in [0.717, 1.165) is 25.0 Å². The molecule has 25 heavy (non-hydrogen) atoms. The number of hydrogen-bond donors (Lipinski definition) is 4. The van der Waals surface area contributed by atoms with Crippen LogP contribution in [0.2, 0.25) is 0 Å². The van der Waals surface area contributed by atoms with Gasteiger partial charge >= 0.3 is 6.03 Å². The van der Waals surface area contributed by atoms with Crippen LogP contribution in [-0.4, -0.2) is 39.2 Å². The van der Waals surface area contributed by atoms with E-state index in [1.807, 2.05) is 11.8 Å². The van der Waals surface area contributed by atoms with Gasteiger partial charge in [-0.3, -0.25) is 9.89 Å². The van der Waals surface area contributed by atoms with Crippen molar-refractivity contribution in [2.45, 2.75) is 43.9 Å². The molecule has 0 bridgehead atoms. The number of fused-ring (bicyclic) bond motifs is 1. The van der Waals surface area contributed by atoms with Crippen LogP contribution in [0.25, 0.3) is 10.9 Å². The molecule has 1 saturated carbocycles. The van der Waals surface area contributed by atoms with Crippen LogP contribution >= 0.6 is 11.8 Å². The topological polar surface area (TPSA) is 113 Å². The van der Waals surface area contributed by atoms with Crippen LogP contribution in [-0.2, 0) is 0 Å². The Labute approximate surface area is 150 Å². The number of benzene rings is 1. The highest BCUT2D eigenvalue weighted by molar-refractivity contribution is 7.99. The second-order valence-corrected chi connectivity index (χ2v) is 7.81. The number of primary amides is 1. The predicted octanol–water partition coefficient (Wildman–Crippen LogP) is 2.85. The number of rotatable bonds is 5. The molecule has 1 aromatic heterocycles. The number of aromatic amines is 1. The summed E-state index contributed by atoms with van der Waals surface area (Å²) in [6, 6.07) is 5.21. The molecule has 8 heteroatoms. The van der Waals surface area contributed by atoms with Crippen molar-refractivity contribution in [3.63, 3.8) is 0 Å². The Morgan fingerprint density at radius 3 is 3.00 bits per heavy atom. The summed E-state index contributed by atoms with van der Waals surface area (Å²) in [4.78, 5) is 23.7. The Kier molecular flexibility index (Phi) is 5.47. The van der Waals surface area contributed by atoms with E-state index < -0.39 is 5.91 Å². The van der Waals surface area contributed by atoms with Crippen LogP contribution in [0.15, 0.2) is 18.2 Å². The van der Waals surface area contributed by atoms with Gasteiger partial charge in [-0.2, -0.15) is 16.9 Å². The van der Waals surface area contributed by atoms with Crippen molar-refractivity contribution < 1.29 is 9.59 Å². The predicted molar refractivity (Wildman–Crippen MR) is 101 cm³/mol. The minimum Gasteiger partial charge on any atom is -0.364 e. The largest absolute Gasteiger partial charge is 0.364 e. The average molecular weight is 361 g/mol. The Bertz CT molecular complexity index is 773. The first-order chi connectivity index (χ1) is 12.1. The third-order valence-electron chi connectivity index (χ3n) is 4.42. The quantitative estimate of drug-likeness (QED) is 0.656. The third kappa shape index (κ3) is 4.25. The smallest absolute Gasteiger partial charge is 0.319 e. The zero-order valence-corrected chi connectivity index (χ0v) is 15.0. The maximum absolute atomic E-state index is 12.3. The Hall–Kier alpha value is -2.22. The minimum atomic E-state index is -0.602. The number of urea groups is 1. The lowest BCUT2D eigenvalue weighted by Gasteiger charge is -2.29. The molecule has 3 amide bonds. The summed E-state index contributed by atoms with van der Waals surface area (Å²) in [6.07, 6.45) is 4.40. The minimum absolute atomic E-state index is 0.172. The van der Waals surface area contributed by atoms with E-state index >= 15 is 0 Å². The molecule has 5 N–H and O–H groups in total. The second kappa shape index (κ2) is 7.77. The number of thioether (sulfide) groups is 1. The summed E-state index contributed by atoms with van der Waals surface area (Å²) < 4.78 is 0. The molecule has 2 atom stereocenters. The van der Waals surface area contributed by atoms with Crippen molar-refractivity contribution in [1.29, 1.82) is 0 Å². The van der Waals surface area contributed by atoms with Crippen LogP contribution in [0.3, 0.4) is 0 Å². The fourth-order valence-electron chi connectivity index (χ4n) is 3.30. The summed E-state index contributed by atoms with van der Waals surface area (Å²) in [6.45, 7) is 2.17. The number of carbonyl (C=O) groups is 2. The first kappa shape index (κ1) is 17.6. The van der Waals surface area contributed by atoms with Gasteiger partial charge in [0.2, 0.25) is 0 Å². The lowest BCUT2D eigenvalue weighted by molar-refractivity contribution is 0.0997. The molecule has 0 aliphatic heterocycles. The van der Waals surface area contributed by atoms with Crippen LogP contribution in [0.1, 0.15) is 43.1 Å². The lowest BCUT2D eigenvalue weighted by Crippen LogP contribution is -2.41. The van der Waals surface area contributed by atoms with Crippen molar-refractivity contribution in [1.82, 2.24) is 15.5 Å². The monoisotopic (exact) mass is 361 g/mol. The number of amides is 3. The summed E-state index contributed by atoms with van der Waals surface area (Å²) in [5.74, 6) is 0.505. The number of H-pyrrole nitrogens is 1. The Balaban J connectivity index is 1.63. The second-order valence-electron chi connectivity index (χ2n) is 6.24. The highest BCUT2D eigenvalue weighted by Crippen LogP contribution is 2.28. The number of nitrogens with zero attached hydrogens (tertiary/aromatic N) is 1. The number of nitrogens with one attached hydrogen (secondary N) is 3. The van der Waals surface area contributed by atoms with Gasteiger partial charge in [0.1, 0.15) is 0 Å². The standard InChI is InChI=1S/C17H23N5O2S/c1-2-25-12-5-3-4-10(8-12)19-17(24)20-11-6-7-14-13(9-11)15(16(18)23)22-21-14/h6-7,9-10,12H,2-5,8H2,1H3,(H2,18,23)(H,21,22)(H2,19,20,24)/t10-,12-/m0/s1. The molecule has 1 heterocycles. The number of nitrogens with two attached hydrogens (primary N) is 1. The molecule has 0 saturated heterocycles. The van der Waals surface area contributed by atoms with Gasteiger partial charge in [0, 0.05) is 22.4 Å². The van der Waals surface area contributed by atoms with Gasteiger partial charge in [-0.05, 0) is 43.2 Å². The summed E-state index contributed by atoms with van der Waals surface area (Å²) in [7, 11) is 0. The van der Waals surface area contributed by atoms with Gasteiger partial charge in [0.25, 0.3) is 5.91 Å². The fraction of sp³-hybridized carbons (Fsp3) is 0.471. The molecule has 0 unspecified atom stereocenters. The highest BCUT2D eigenvalue weighted by Gasteiger charge is 2.23. The summed E-state index contributed by atoms with van der Waals surface area (Å²) in [5.41, 5.74) is 6.79. The molecule has 0 radical (unpaired) electrons. The van der Waals surface area contributed by atoms with Gasteiger partial charge < -0.3 is 16.4 Å². The van der Waals surface area contributed by atoms with E-state index in [4.69, 9.17) is 5.73 Å². The third-order valence-corrected chi connectivity index (χ3v) is 5.65. The van der Waals surface area contributed by atoms with Crippen molar-refractivity contribution in [3.05, 3.63) is 23.9 Å². The fourth-order valence-corrected chi connectivity index (χ4v) is 4.47. The van der Waals surface area contributed by atoms with Crippen molar-refractivity contribution in [2.75, 3.05) is 11.1 Å². The molecule has 2 aromatic rings. The Morgan fingerprint density at radius 1 is 1.40 bits per heavy atom. The average Bonchev–Trinajstić information content (AvgIpc) is 2.98. The molecule has 7 nitrogen and oxygen atoms in total. The van der Waals surface area contributed by atoms with Crippen LogP contribution in [0.4, 0.5) is 10.5 Å². The van der Waals surface area contributed by atoms with Crippen molar-refractivity contribution >= 4 is 40.3 Å². The van der Waals surface area contributed by atoms with Gasteiger partial charge in [0.15, 0.2) is 5.69 Å². The molecule has 0 spiro atoms. The van der Waals surface area contributed by atoms with Crippen molar-refractivity contribution in [2.24, 2.45) is 5.73 Å².